The molecular formula is C20H31N3O3. The van der Waals surface area contributed by atoms with Crippen molar-refractivity contribution in [3.8, 4) is 0 Å². The Kier molecular flexibility index (Phi) is 7.30. The van der Waals surface area contributed by atoms with Crippen molar-refractivity contribution >= 4 is 23.4 Å². The van der Waals surface area contributed by atoms with E-state index in [4.69, 9.17) is 4.74 Å². The highest BCUT2D eigenvalue weighted by Gasteiger charge is 2.17. The maximum absolute atomic E-state index is 12.3. The summed E-state index contributed by atoms with van der Waals surface area (Å²) in [5, 5.41) is 5.59. The molecule has 1 aromatic carbocycles. The molecule has 0 unspecified atom stereocenters. The van der Waals surface area contributed by atoms with Gasteiger partial charge in [0.25, 0.3) is 0 Å². The fourth-order valence-corrected chi connectivity index (χ4v) is 2.97. The Morgan fingerprint density at radius 1 is 1.08 bits per heavy atom. The van der Waals surface area contributed by atoms with Crippen LogP contribution < -0.4 is 15.5 Å². The lowest BCUT2D eigenvalue weighted by molar-refractivity contribution is -0.116. The first-order valence-electron chi connectivity index (χ1n) is 9.46. The van der Waals surface area contributed by atoms with Gasteiger partial charge in [-0.3, -0.25) is 4.79 Å². The zero-order chi connectivity index (χ0) is 19.0. The molecule has 2 N–H and O–H groups in total. The number of benzene rings is 1. The molecule has 0 atom stereocenters. The largest absolute Gasteiger partial charge is 0.444 e. The molecule has 1 aliphatic rings. The van der Waals surface area contributed by atoms with Crippen LogP contribution in [0.1, 0.15) is 52.9 Å². The lowest BCUT2D eigenvalue weighted by Crippen LogP contribution is -2.34. The van der Waals surface area contributed by atoms with Gasteiger partial charge in [-0.15, -0.1) is 0 Å². The van der Waals surface area contributed by atoms with Crippen LogP contribution in [0, 0.1) is 0 Å². The predicted molar refractivity (Wildman–Crippen MR) is 105 cm³/mol. The molecule has 1 fully saturated rings. The van der Waals surface area contributed by atoms with Gasteiger partial charge in [0, 0.05) is 26.1 Å². The van der Waals surface area contributed by atoms with Crippen molar-refractivity contribution in [2.45, 2.75) is 58.5 Å². The number of alkyl carbamates (subject to hydrolysis) is 1. The fourth-order valence-electron chi connectivity index (χ4n) is 2.97. The molecule has 144 valence electrons. The minimum Gasteiger partial charge on any atom is -0.444 e. The van der Waals surface area contributed by atoms with Crippen LogP contribution in [0.3, 0.4) is 0 Å². The number of para-hydroxylation sites is 2. The van der Waals surface area contributed by atoms with Crippen LogP contribution in [0.25, 0.3) is 0 Å². The van der Waals surface area contributed by atoms with Gasteiger partial charge in [-0.1, -0.05) is 25.0 Å². The lowest BCUT2D eigenvalue weighted by atomic mass is 10.2. The predicted octanol–water partition coefficient (Wildman–Crippen LogP) is 3.92. The van der Waals surface area contributed by atoms with E-state index in [0.717, 1.165) is 24.5 Å². The lowest BCUT2D eigenvalue weighted by Gasteiger charge is -2.25. The van der Waals surface area contributed by atoms with Crippen LogP contribution in [0.4, 0.5) is 16.2 Å². The number of carbonyl (C=O) groups excluding carboxylic acids is 2. The zero-order valence-electron chi connectivity index (χ0n) is 16.1. The molecule has 0 aromatic heterocycles. The first-order valence-corrected chi connectivity index (χ1v) is 9.46. The number of hydrogen-bond donors (Lipinski definition) is 2. The Morgan fingerprint density at radius 2 is 1.73 bits per heavy atom. The summed E-state index contributed by atoms with van der Waals surface area (Å²) >= 11 is 0. The highest BCUT2D eigenvalue weighted by Crippen LogP contribution is 2.28. The summed E-state index contributed by atoms with van der Waals surface area (Å²) in [6, 6.07) is 7.91. The van der Waals surface area contributed by atoms with Crippen molar-refractivity contribution in [2.24, 2.45) is 0 Å². The van der Waals surface area contributed by atoms with E-state index in [1.54, 1.807) is 20.8 Å². The van der Waals surface area contributed by atoms with Crippen molar-refractivity contribution in [2.75, 3.05) is 29.9 Å². The molecule has 1 saturated heterocycles. The summed E-state index contributed by atoms with van der Waals surface area (Å²) in [5.41, 5.74) is 1.36. The van der Waals surface area contributed by atoms with E-state index < -0.39 is 11.7 Å². The highest BCUT2D eigenvalue weighted by atomic mass is 16.6. The van der Waals surface area contributed by atoms with Crippen LogP contribution in [0.15, 0.2) is 24.3 Å². The zero-order valence-corrected chi connectivity index (χ0v) is 16.1. The van der Waals surface area contributed by atoms with E-state index in [9.17, 15) is 9.59 Å². The van der Waals surface area contributed by atoms with E-state index in [1.807, 2.05) is 18.2 Å². The Morgan fingerprint density at radius 3 is 2.38 bits per heavy atom. The number of carbonyl (C=O) groups is 2. The molecule has 1 aromatic rings. The van der Waals surface area contributed by atoms with Crippen molar-refractivity contribution in [3.63, 3.8) is 0 Å². The van der Waals surface area contributed by atoms with Crippen molar-refractivity contribution in [1.29, 1.82) is 0 Å². The molecule has 1 heterocycles. The first kappa shape index (κ1) is 20.1. The van der Waals surface area contributed by atoms with Crippen LogP contribution in [0.2, 0.25) is 0 Å². The second-order valence-corrected chi connectivity index (χ2v) is 7.65. The molecule has 0 saturated carbocycles. The molecule has 26 heavy (non-hydrogen) atoms. The Hall–Kier alpha value is -2.24. The molecule has 2 rings (SSSR count). The van der Waals surface area contributed by atoms with Gasteiger partial charge in [0.1, 0.15) is 5.60 Å². The SMILES string of the molecule is CC(C)(C)OC(=O)NCCC(=O)Nc1ccccc1N1CCCCCC1. The summed E-state index contributed by atoms with van der Waals surface area (Å²) in [5.74, 6) is -0.122. The van der Waals surface area contributed by atoms with E-state index in [-0.39, 0.29) is 18.9 Å². The molecule has 0 spiro atoms. The Balaban J connectivity index is 1.86. The van der Waals surface area contributed by atoms with Gasteiger partial charge in [-0.05, 0) is 45.7 Å². The number of anilines is 2. The summed E-state index contributed by atoms with van der Waals surface area (Å²) in [7, 11) is 0. The van der Waals surface area contributed by atoms with E-state index in [2.05, 4.69) is 21.6 Å². The summed E-state index contributed by atoms with van der Waals surface area (Å²) in [4.78, 5) is 26.2. The third-order valence-electron chi connectivity index (χ3n) is 4.15. The molecule has 0 bridgehead atoms. The second kappa shape index (κ2) is 9.46. The number of nitrogens with one attached hydrogen (secondary N) is 2. The van der Waals surface area contributed by atoms with Crippen molar-refractivity contribution in [3.05, 3.63) is 24.3 Å². The standard InChI is InChI=1S/C20H31N3O3/c1-20(2,3)26-19(25)21-13-12-18(24)22-16-10-6-7-11-17(16)23-14-8-4-5-9-15-23/h6-7,10-11H,4-5,8-9,12-15H2,1-3H3,(H,21,25)(H,22,24). The number of nitrogens with zero attached hydrogens (tertiary/aromatic N) is 1. The first-order chi connectivity index (χ1) is 12.3. The minimum absolute atomic E-state index is 0.122. The van der Waals surface area contributed by atoms with E-state index in [0.29, 0.717) is 0 Å². The molecule has 1 aliphatic heterocycles. The smallest absolute Gasteiger partial charge is 0.407 e. The second-order valence-electron chi connectivity index (χ2n) is 7.65. The van der Waals surface area contributed by atoms with Gasteiger partial charge in [0.05, 0.1) is 11.4 Å². The highest BCUT2D eigenvalue weighted by molar-refractivity contribution is 5.94. The van der Waals surface area contributed by atoms with Gasteiger partial charge in [0.15, 0.2) is 0 Å². The normalized spacial score (nSPS) is 15.1. The number of hydrogen-bond acceptors (Lipinski definition) is 4. The number of amides is 2. The van der Waals surface area contributed by atoms with E-state index >= 15 is 0 Å². The van der Waals surface area contributed by atoms with Crippen LogP contribution in [-0.4, -0.2) is 37.2 Å². The van der Waals surface area contributed by atoms with Gasteiger partial charge in [0.2, 0.25) is 5.91 Å². The summed E-state index contributed by atoms with van der Waals surface area (Å²) in [6.07, 6.45) is 4.59. The quantitative estimate of drug-likeness (QED) is 0.834. The topological polar surface area (TPSA) is 70.7 Å². The molecule has 6 heteroatoms. The average molecular weight is 361 g/mol. The van der Waals surface area contributed by atoms with Crippen LogP contribution in [-0.2, 0) is 9.53 Å². The third-order valence-corrected chi connectivity index (χ3v) is 4.15. The monoisotopic (exact) mass is 361 g/mol. The Bertz CT molecular complexity index is 603. The van der Waals surface area contributed by atoms with Gasteiger partial charge in [-0.2, -0.15) is 0 Å². The maximum atomic E-state index is 12.3. The fraction of sp³-hybridized carbons (Fsp3) is 0.600. The van der Waals surface area contributed by atoms with Crippen LogP contribution in [0.5, 0.6) is 0 Å². The summed E-state index contributed by atoms with van der Waals surface area (Å²) < 4.78 is 5.16. The molecule has 0 aliphatic carbocycles. The van der Waals surface area contributed by atoms with Gasteiger partial charge >= 0.3 is 6.09 Å². The van der Waals surface area contributed by atoms with Gasteiger partial charge < -0.3 is 20.3 Å². The minimum atomic E-state index is -0.543. The average Bonchev–Trinajstić information content (AvgIpc) is 2.83. The van der Waals surface area contributed by atoms with Gasteiger partial charge in [-0.25, -0.2) is 4.79 Å². The summed E-state index contributed by atoms with van der Waals surface area (Å²) in [6.45, 7) is 7.70. The molecular weight excluding hydrogens is 330 g/mol. The molecule has 6 nitrogen and oxygen atoms in total. The number of rotatable bonds is 5. The van der Waals surface area contributed by atoms with Crippen molar-refractivity contribution < 1.29 is 14.3 Å². The van der Waals surface area contributed by atoms with Crippen LogP contribution >= 0.6 is 0 Å². The molecule has 2 amide bonds. The number of ether oxygens (including phenoxy) is 1. The maximum Gasteiger partial charge on any atom is 0.407 e. The van der Waals surface area contributed by atoms with E-state index in [1.165, 1.54) is 25.7 Å². The Labute approximate surface area is 156 Å². The third kappa shape index (κ3) is 6.94. The van der Waals surface area contributed by atoms with Crippen molar-refractivity contribution in [1.82, 2.24) is 5.32 Å². The molecule has 0 radical (unpaired) electrons.